The van der Waals surface area contributed by atoms with Gasteiger partial charge in [0.2, 0.25) is 11.8 Å². The zero-order valence-electron chi connectivity index (χ0n) is 24.5. The Morgan fingerprint density at radius 3 is 2.20 bits per heavy atom. The van der Waals surface area contributed by atoms with Gasteiger partial charge in [0.05, 0.1) is 21.2 Å². The molecule has 1 N–H and O–H groups in total. The van der Waals surface area contributed by atoms with Crippen LogP contribution in [0.3, 0.4) is 0 Å². The monoisotopic (exact) mass is 671 g/mol. The molecule has 0 aliphatic rings. The number of aryl methyl sites for hydroxylation is 1. The van der Waals surface area contributed by atoms with E-state index >= 15 is 0 Å². The van der Waals surface area contributed by atoms with Crippen molar-refractivity contribution in [2.75, 3.05) is 17.4 Å². The van der Waals surface area contributed by atoms with Crippen LogP contribution in [0.2, 0.25) is 10.0 Å². The zero-order chi connectivity index (χ0) is 32.7. The lowest BCUT2D eigenvalue weighted by Gasteiger charge is -2.33. The molecule has 0 spiro atoms. The van der Waals surface area contributed by atoms with Gasteiger partial charge < -0.3 is 10.2 Å². The van der Waals surface area contributed by atoms with E-state index in [1.165, 1.54) is 29.2 Å². The molecule has 3 rings (SSSR count). The molecule has 0 radical (unpaired) electrons. The highest BCUT2D eigenvalue weighted by molar-refractivity contribution is 7.92. The van der Waals surface area contributed by atoms with Crippen molar-refractivity contribution in [3.63, 3.8) is 0 Å². The first-order chi connectivity index (χ1) is 20.7. The van der Waals surface area contributed by atoms with Gasteiger partial charge in [0, 0.05) is 18.1 Å². The highest BCUT2D eigenvalue weighted by atomic mass is 35.5. The van der Waals surface area contributed by atoms with Crippen LogP contribution in [0.5, 0.6) is 0 Å². The number of rotatable bonds is 13. The van der Waals surface area contributed by atoms with Crippen LogP contribution in [0.25, 0.3) is 0 Å². The molecule has 0 aromatic heterocycles. The van der Waals surface area contributed by atoms with Crippen molar-refractivity contribution in [2.24, 2.45) is 0 Å². The molecule has 0 fully saturated rings. The molecule has 7 nitrogen and oxygen atoms in total. The summed E-state index contributed by atoms with van der Waals surface area (Å²) in [5.74, 6) is -1.26. The Morgan fingerprint density at radius 2 is 1.61 bits per heavy atom. The summed E-state index contributed by atoms with van der Waals surface area (Å²) in [6.07, 6.45) is -3.18. The summed E-state index contributed by atoms with van der Waals surface area (Å²) >= 11 is 12.2. The number of sulfonamides is 1. The number of carbonyl (C=O) groups is 2. The second kappa shape index (κ2) is 15.1. The van der Waals surface area contributed by atoms with Gasteiger partial charge in [-0.1, -0.05) is 79.4 Å². The molecule has 0 saturated heterocycles. The van der Waals surface area contributed by atoms with Gasteiger partial charge in [0.1, 0.15) is 12.6 Å². The van der Waals surface area contributed by atoms with E-state index in [0.717, 1.165) is 24.1 Å². The summed E-state index contributed by atoms with van der Waals surface area (Å²) in [7, 11) is -4.58. The predicted molar refractivity (Wildman–Crippen MR) is 166 cm³/mol. The van der Waals surface area contributed by atoms with E-state index in [-0.39, 0.29) is 17.9 Å². The Labute approximate surface area is 266 Å². The molecule has 44 heavy (non-hydrogen) atoms. The largest absolute Gasteiger partial charge is 0.417 e. The van der Waals surface area contributed by atoms with Crippen LogP contribution >= 0.6 is 23.2 Å². The maximum absolute atomic E-state index is 14.1. The van der Waals surface area contributed by atoms with E-state index < -0.39 is 56.9 Å². The number of unbranched alkanes of at least 4 members (excludes halogenated alkanes) is 1. The topological polar surface area (TPSA) is 86.8 Å². The average Bonchev–Trinajstić information content (AvgIpc) is 2.96. The maximum atomic E-state index is 14.1. The number of benzene rings is 3. The Hall–Kier alpha value is -3.28. The van der Waals surface area contributed by atoms with Crippen LogP contribution < -0.4 is 9.62 Å². The number of halogens is 5. The van der Waals surface area contributed by atoms with Gasteiger partial charge in [-0.3, -0.25) is 13.9 Å². The fraction of sp³-hybridized carbons (Fsp3) is 0.355. The third-order valence-corrected chi connectivity index (χ3v) is 9.43. The average molecular weight is 673 g/mol. The molecular weight excluding hydrogens is 638 g/mol. The summed E-state index contributed by atoms with van der Waals surface area (Å²) in [6, 6.07) is 14.0. The molecule has 0 bridgehead atoms. The van der Waals surface area contributed by atoms with Gasteiger partial charge in [-0.2, -0.15) is 13.2 Å². The van der Waals surface area contributed by atoms with E-state index in [9.17, 15) is 31.2 Å². The molecular formula is C31H34Cl2F3N3O4S. The highest BCUT2D eigenvalue weighted by Crippen LogP contribution is 2.38. The number of hydrogen-bond donors (Lipinski definition) is 1. The number of amides is 2. The van der Waals surface area contributed by atoms with E-state index in [2.05, 4.69) is 5.32 Å². The molecule has 238 valence electrons. The number of alkyl halides is 3. The number of anilines is 1. The molecule has 13 heteroatoms. The SMILES string of the molecule is CCCCNC(=O)[C@@H](CC)N(Cc1ccccc1Cl)C(=O)CN(c1ccc(Cl)c(C(F)(F)F)c1)S(=O)(=O)c1ccc(C)cc1. The van der Waals surface area contributed by atoms with Gasteiger partial charge in [0.15, 0.2) is 0 Å². The maximum Gasteiger partial charge on any atom is 0.417 e. The fourth-order valence-electron chi connectivity index (χ4n) is 4.49. The van der Waals surface area contributed by atoms with Crippen molar-refractivity contribution < 1.29 is 31.2 Å². The van der Waals surface area contributed by atoms with E-state index in [1.54, 1.807) is 38.1 Å². The molecule has 1 atom stereocenters. The number of hydrogen-bond acceptors (Lipinski definition) is 4. The van der Waals surface area contributed by atoms with Crippen LogP contribution in [0.15, 0.2) is 71.6 Å². The summed E-state index contributed by atoms with van der Waals surface area (Å²) in [4.78, 5) is 28.3. The number of nitrogens with zero attached hydrogens (tertiary/aromatic N) is 2. The van der Waals surface area contributed by atoms with Crippen LogP contribution in [-0.2, 0) is 32.3 Å². The quantitative estimate of drug-likeness (QED) is 0.194. The fourth-order valence-corrected chi connectivity index (χ4v) is 6.31. The van der Waals surface area contributed by atoms with Crippen molar-refractivity contribution in [3.8, 4) is 0 Å². The Balaban J connectivity index is 2.14. The first kappa shape index (κ1) is 35.2. The minimum atomic E-state index is -4.89. The third-order valence-electron chi connectivity index (χ3n) is 6.95. The third kappa shape index (κ3) is 8.67. The van der Waals surface area contributed by atoms with Gasteiger partial charge in [-0.05, 0) is 61.7 Å². The summed E-state index contributed by atoms with van der Waals surface area (Å²) < 4.78 is 69.9. The molecule has 0 aliphatic carbocycles. The molecule has 2 amide bonds. The number of carbonyl (C=O) groups excluding carboxylic acids is 2. The van der Waals surface area contributed by atoms with Crippen LogP contribution in [-0.4, -0.2) is 44.3 Å². The van der Waals surface area contributed by atoms with Gasteiger partial charge in [-0.15, -0.1) is 0 Å². The predicted octanol–water partition coefficient (Wildman–Crippen LogP) is 7.24. The molecule has 0 heterocycles. The lowest BCUT2D eigenvalue weighted by atomic mass is 10.1. The molecule has 3 aromatic rings. The Morgan fingerprint density at radius 1 is 0.955 bits per heavy atom. The smallest absolute Gasteiger partial charge is 0.354 e. The van der Waals surface area contributed by atoms with Crippen LogP contribution in [0.4, 0.5) is 18.9 Å². The van der Waals surface area contributed by atoms with Gasteiger partial charge >= 0.3 is 6.18 Å². The van der Waals surface area contributed by atoms with Gasteiger partial charge in [0.25, 0.3) is 10.0 Å². The molecule has 0 saturated carbocycles. The molecule has 3 aromatic carbocycles. The highest BCUT2D eigenvalue weighted by Gasteiger charge is 2.37. The van der Waals surface area contributed by atoms with Crippen molar-refractivity contribution in [3.05, 3.63) is 93.5 Å². The summed E-state index contributed by atoms with van der Waals surface area (Å²) in [5, 5.41) is 2.50. The first-order valence-corrected chi connectivity index (χ1v) is 16.2. The Kier molecular flexibility index (Phi) is 12.1. The van der Waals surface area contributed by atoms with Crippen molar-refractivity contribution in [1.29, 1.82) is 0 Å². The lowest BCUT2D eigenvalue weighted by Crippen LogP contribution is -2.52. The van der Waals surface area contributed by atoms with E-state index in [4.69, 9.17) is 23.2 Å². The van der Waals surface area contributed by atoms with Crippen molar-refractivity contribution in [2.45, 2.75) is 63.7 Å². The minimum Gasteiger partial charge on any atom is -0.354 e. The normalized spacial score (nSPS) is 12.5. The molecule has 0 aliphatic heterocycles. The standard InChI is InChI=1S/C31H34Cl2F3N3O4S/c1-4-6-17-37-30(41)28(5-2)38(19-22-9-7-8-10-26(22)32)29(40)20-39(44(42,43)24-14-11-21(3)12-15-24)23-13-16-27(33)25(18-23)31(34,35)36/h7-16,18,28H,4-6,17,19-20H2,1-3H3,(H,37,41)/t28-/m1/s1. The van der Waals surface area contributed by atoms with E-state index in [1.807, 2.05) is 6.92 Å². The summed E-state index contributed by atoms with van der Waals surface area (Å²) in [6.45, 7) is 4.73. The zero-order valence-corrected chi connectivity index (χ0v) is 26.8. The van der Waals surface area contributed by atoms with Crippen LogP contribution in [0.1, 0.15) is 49.8 Å². The number of nitrogens with one attached hydrogen (secondary N) is 1. The lowest BCUT2D eigenvalue weighted by molar-refractivity contribution is -0.140. The second-order valence-corrected chi connectivity index (χ2v) is 12.8. The minimum absolute atomic E-state index is 0.148. The Bertz CT molecular complexity index is 1570. The second-order valence-electron chi connectivity index (χ2n) is 10.2. The van der Waals surface area contributed by atoms with Crippen LogP contribution in [0, 0.1) is 6.92 Å². The van der Waals surface area contributed by atoms with E-state index in [0.29, 0.717) is 33.9 Å². The molecule has 0 unspecified atom stereocenters. The first-order valence-electron chi connectivity index (χ1n) is 14.0. The summed E-state index contributed by atoms with van der Waals surface area (Å²) in [5.41, 5.74) is -0.430. The van der Waals surface area contributed by atoms with Gasteiger partial charge in [-0.25, -0.2) is 8.42 Å². The van der Waals surface area contributed by atoms with Crippen molar-refractivity contribution in [1.82, 2.24) is 10.2 Å². The van der Waals surface area contributed by atoms with Crippen molar-refractivity contribution >= 4 is 50.7 Å².